The Hall–Kier alpha value is -2.32. The molecule has 0 aliphatic carbocycles. The van der Waals surface area contributed by atoms with Crippen molar-refractivity contribution in [1.82, 2.24) is 5.32 Å². The van der Waals surface area contributed by atoms with Crippen molar-refractivity contribution < 1.29 is 9.21 Å². The van der Waals surface area contributed by atoms with Crippen LogP contribution < -0.4 is 5.32 Å². The minimum absolute atomic E-state index is 0.00245. The van der Waals surface area contributed by atoms with Gasteiger partial charge >= 0.3 is 0 Å². The van der Waals surface area contributed by atoms with E-state index in [1.54, 1.807) is 12.1 Å². The molecule has 1 N–H and O–H groups in total. The Morgan fingerprint density at radius 2 is 2.20 bits per heavy atom. The highest BCUT2D eigenvalue weighted by atomic mass is 79.9. The Morgan fingerprint density at radius 3 is 2.85 bits per heavy atom. The summed E-state index contributed by atoms with van der Waals surface area (Å²) in [5.41, 5.74) is 0.917. The number of rotatable bonds is 3. The minimum atomic E-state index is -0.437. The number of benzene rings is 1. The van der Waals surface area contributed by atoms with Gasteiger partial charge in [-0.15, -0.1) is 0 Å². The van der Waals surface area contributed by atoms with Crippen LogP contribution in [-0.4, -0.2) is 13.0 Å². The van der Waals surface area contributed by atoms with Gasteiger partial charge in [0, 0.05) is 23.2 Å². The number of nitrogens with one attached hydrogen (secondary N) is 1. The zero-order valence-electron chi connectivity index (χ0n) is 10.7. The summed E-state index contributed by atoms with van der Waals surface area (Å²) in [6.45, 7) is 0. The number of likely N-dealkylation sites (N-methyl/N-ethyl adjacent to an activating group) is 1. The van der Waals surface area contributed by atoms with Gasteiger partial charge < -0.3 is 9.73 Å². The summed E-state index contributed by atoms with van der Waals surface area (Å²) in [5.74, 6) is 0.694. The number of carbonyl (C=O) groups is 1. The molecule has 2 rings (SSSR count). The summed E-state index contributed by atoms with van der Waals surface area (Å²) < 4.78 is 6.57. The Kier molecular flexibility index (Phi) is 4.38. The molecular weight excluding hydrogens is 320 g/mol. The van der Waals surface area contributed by atoms with Crippen LogP contribution in [0.1, 0.15) is 5.76 Å². The van der Waals surface area contributed by atoms with Crippen LogP contribution in [-0.2, 0) is 4.79 Å². The third kappa shape index (κ3) is 3.16. The minimum Gasteiger partial charge on any atom is -0.457 e. The van der Waals surface area contributed by atoms with Crippen LogP contribution in [0.15, 0.2) is 50.9 Å². The van der Waals surface area contributed by atoms with E-state index in [0.717, 1.165) is 10.0 Å². The molecule has 1 aromatic carbocycles. The van der Waals surface area contributed by atoms with Crippen LogP contribution in [0.25, 0.3) is 17.4 Å². The molecule has 0 aliphatic rings. The molecule has 0 spiro atoms. The molecule has 0 aliphatic heterocycles. The zero-order chi connectivity index (χ0) is 14.5. The molecule has 5 heteroatoms. The molecule has 1 heterocycles. The highest BCUT2D eigenvalue weighted by Gasteiger charge is 2.09. The van der Waals surface area contributed by atoms with Crippen molar-refractivity contribution in [3.63, 3.8) is 0 Å². The third-order valence-corrected chi connectivity index (χ3v) is 3.11. The normalized spacial score (nSPS) is 10.9. The number of hydrogen-bond donors (Lipinski definition) is 1. The standard InChI is InChI=1S/C15H11BrN2O2/c1-18-15(19)11(9-17)8-13-5-6-14(20-13)10-3-2-4-12(16)7-10/h2-8H,1H3,(H,18,19). The predicted octanol–water partition coefficient (Wildman–Crippen LogP) is 3.36. The summed E-state index contributed by atoms with van der Waals surface area (Å²) in [6.07, 6.45) is 1.42. The molecule has 20 heavy (non-hydrogen) atoms. The SMILES string of the molecule is CNC(=O)C(C#N)=Cc1ccc(-c2cccc(Br)c2)o1. The van der Waals surface area contributed by atoms with Gasteiger partial charge in [-0.2, -0.15) is 5.26 Å². The number of nitriles is 1. The Bertz CT molecular complexity index is 711. The van der Waals surface area contributed by atoms with Gasteiger partial charge in [-0.3, -0.25) is 4.79 Å². The maximum atomic E-state index is 11.4. The van der Waals surface area contributed by atoms with Crippen molar-refractivity contribution in [3.8, 4) is 17.4 Å². The fourth-order valence-electron chi connectivity index (χ4n) is 1.65. The van der Waals surface area contributed by atoms with E-state index in [4.69, 9.17) is 9.68 Å². The lowest BCUT2D eigenvalue weighted by molar-refractivity contribution is -0.116. The lowest BCUT2D eigenvalue weighted by atomic mass is 10.2. The second kappa shape index (κ2) is 6.22. The average molecular weight is 331 g/mol. The van der Waals surface area contributed by atoms with Gasteiger partial charge in [0.05, 0.1) is 0 Å². The van der Waals surface area contributed by atoms with Crippen LogP contribution in [0.2, 0.25) is 0 Å². The second-order valence-electron chi connectivity index (χ2n) is 3.96. The van der Waals surface area contributed by atoms with Gasteiger partial charge in [-0.05, 0) is 24.3 Å². The van der Waals surface area contributed by atoms with E-state index in [9.17, 15) is 4.79 Å². The first-order valence-electron chi connectivity index (χ1n) is 5.83. The van der Waals surface area contributed by atoms with E-state index in [0.29, 0.717) is 11.5 Å². The van der Waals surface area contributed by atoms with E-state index in [2.05, 4.69) is 21.2 Å². The van der Waals surface area contributed by atoms with Crippen LogP contribution in [0.5, 0.6) is 0 Å². The van der Waals surface area contributed by atoms with Crippen LogP contribution in [0.4, 0.5) is 0 Å². The van der Waals surface area contributed by atoms with Crippen LogP contribution in [0.3, 0.4) is 0 Å². The largest absolute Gasteiger partial charge is 0.457 e. The van der Waals surface area contributed by atoms with Gasteiger partial charge in [0.25, 0.3) is 5.91 Å². The number of halogens is 1. The summed E-state index contributed by atoms with van der Waals surface area (Å²) in [6, 6.07) is 13.0. The molecule has 0 saturated heterocycles. The second-order valence-corrected chi connectivity index (χ2v) is 4.88. The van der Waals surface area contributed by atoms with Crippen LogP contribution in [0, 0.1) is 11.3 Å². The van der Waals surface area contributed by atoms with Crippen molar-refractivity contribution in [1.29, 1.82) is 5.26 Å². The molecule has 100 valence electrons. The van der Waals surface area contributed by atoms with E-state index >= 15 is 0 Å². The molecule has 0 bridgehead atoms. The number of carbonyl (C=O) groups excluding carboxylic acids is 1. The molecule has 1 aromatic heterocycles. The van der Waals surface area contributed by atoms with Crippen molar-refractivity contribution in [3.05, 3.63) is 52.2 Å². The fraction of sp³-hybridized carbons (Fsp3) is 0.0667. The Balaban J connectivity index is 2.32. The molecule has 1 amide bonds. The molecule has 0 unspecified atom stereocenters. The average Bonchev–Trinajstić information content (AvgIpc) is 2.92. The molecule has 4 nitrogen and oxygen atoms in total. The molecule has 0 fully saturated rings. The first kappa shape index (κ1) is 14.1. The van der Waals surface area contributed by atoms with E-state index in [1.165, 1.54) is 13.1 Å². The molecule has 0 radical (unpaired) electrons. The molecule has 0 saturated carbocycles. The number of furan rings is 1. The number of hydrogen-bond acceptors (Lipinski definition) is 3. The van der Waals surface area contributed by atoms with E-state index < -0.39 is 5.91 Å². The smallest absolute Gasteiger partial charge is 0.261 e. The quantitative estimate of drug-likeness (QED) is 0.693. The van der Waals surface area contributed by atoms with Gasteiger partial charge in [0.2, 0.25) is 0 Å². The maximum absolute atomic E-state index is 11.4. The highest BCUT2D eigenvalue weighted by molar-refractivity contribution is 9.10. The first-order chi connectivity index (χ1) is 9.63. The summed E-state index contributed by atoms with van der Waals surface area (Å²) in [4.78, 5) is 11.4. The topological polar surface area (TPSA) is 66.0 Å². The van der Waals surface area contributed by atoms with Gasteiger partial charge in [0.15, 0.2) is 0 Å². The number of nitrogens with zero attached hydrogens (tertiary/aromatic N) is 1. The highest BCUT2D eigenvalue weighted by Crippen LogP contribution is 2.25. The zero-order valence-corrected chi connectivity index (χ0v) is 12.3. The Labute approximate surface area is 124 Å². The van der Waals surface area contributed by atoms with E-state index in [1.807, 2.05) is 30.3 Å². The Morgan fingerprint density at radius 1 is 1.40 bits per heavy atom. The van der Waals surface area contributed by atoms with Crippen molar-refractivity contribution in [2.24, 2.45) is 0 Å². The third-order valence-electron chi connectivity index (χ3n) is 2.61. The van der Waals surface area contributed by atoms with Crippen molar-refractivity contribution in [2.75, 3.05) is 7.05 Å². The van der Waals surface area contributed by atoms with Gasteiger partial charge in [-0.25, -0.2) is 0 Å². The van der Waals surface area contributed by atoms with Crippen molar-refractivity contribution >= 4 is 27.9 Å². The summed E-state index contributed by atoms with van der Waals surface area (Å²) >= 11 is 3.40. The lowest BCUT2D eigenvalue weighted by Crippen LogP contribution is -2.18. The first-order valence-corrected chi connectivity index (χ1v) is 6.63. The molecule has 2 aromatic rings. The molecule has 0 atom stereocenters. The van der Waals surface area contributed by atoms with E-state index in [-0.39, 0.29) is 5.57 Å². The lowest BCUT2D eigenvalue weighted by Gasteiger charge is -1.98. The summed E-state index contributed by atoms with van der Waals surface area (Å²) in [7, 11) is 1.47. The van der Waals surface area contributed by atoms with Crippen molar-refractivity contribution in [2.45, 2.75) is 0 Å². The fourth-order valence-corrected chi connectivity index (χ4v) is 2.05. The van der Waals surface area contributed by atoms with Gasteiger partial charge in [-0.1, -0.05) is 28.1 Å². The molecular formula is C15H11BrN2O2. The predicted molar refractivity (Wildman–Crippen MR) is 79.5 cm³/mol. The monoisotopic (exact) mass is 330 g/mol. The summed E-state index contributed by atoms with van der Waals surface area (Å²) in [5, 5.41) is 11.3. The van der Waals surface area contributed by atoms with Crippen LogP contribution >= 0.6 is 15.9 Å². The van der Waals surface area contributed by atoms with Gasteiger partial charge in [0.1, 0.15) is 23.2 Å². The maximum Gasteiger partial charge on any atom is 0.261 e. The number of amides is 1.